The Labute approximate surface area is 460 Å². The smallest absolute Gasteiger partial charge is 0.551 e. The molecule has 0 N–H and O–H groups in total. The van der Waals surface area contributed by atoms with Crippen LogP contribution in [0.2, 0.25) is 0 Å². The Morgan fingerprint density at radius 3 is 0.562 bits per heavy atom. The van der Waals surface area contributed by atoms with Crippen LogP contribution < -0.4 is 0 Å². The van der Waals surface area contributed by atoms with E-state index in [1.807, 2.05) is 0 Å². The van der Waals surface area contributed by atoms with Gasteiger partial charge in [0.05, 0.1) is 0 Å². The molecule has 6 nitrogen and oxygen atoms in total. The van der Waals surface area contributed by atoms with Crippen LogP contribution in [0.4, 0.5) is 0 Å². The summed E-state index contributed by atoms with van der Waals surface area (Å²) in [4.78, 5) is 38.7. The zero-order valence-electron chi connectivity index (χ0n) is 49.2. The number of hydrogen-bond donors (Lipinski definition) is 0. The van der Waals surface area contributed by atoms with Crippen molar-refractivity contribution in [1.29, 1.82) is 0 Å². The number of allylic oxidation sites excluding steroid dienone is 6. The van der Waals surface area contributed by atoms with E-state index in [0.29, 0.717) is 0 Å². The molecular weight excluding hydrogens is 916 g/mol. The number of hydrogen-bond acceptors (Lipinski definition) is 6. The van der Waals surface area contributed by atoms with Crippen LogP contribution in [-0.4, -0.2) is 33.1 Å². The Morgan fingerprint density at radius 1 is 0.233 bits per heavy atom. The predicted molar refractivity (Wildman–Crippen MR) is 318 cm³/mol. The quantitative estimate of drug-likeness (QED) is 0.0343. The molecule has 0 aromatic carbocycles. The predicted octanol–water partition coefficient (Wildman–Crippen LogP) is 22.4. The molecule has 0 aromatic rings. The van der Waals surface area contributed by atoms with Gasteiger partial charge in [-0.1, -0.05) is 288 Å². The minimum atomic E-state index is -3.27. The first-order valence-corrected chi connectivity index (χ1v) is 34.0. The lowest BCUT2D eigenvalue weighted by atomic mass is 10.1. The van der Waals surface area contributed by atoms with Crippen LogP contribution in [0.15, 0.2) is 36.5 Å². The minimum absolute atomic E-state index is 0.262. The third-order valence-corrected chi connectivity index (χ3v) is 16.0. The Hall–Kier alpha value is -1.84. The zero-order chi connectivity index (χ0) is 52.9. The van der Waals surface area contributed by atoms with Crippen molar-refractivity contribution in [2.45, 2.75) is 367 Å². The average molecular weight is 1040 g/mol. The van der Waals surface area contributed by atoms with Gasteiger partial charge in [0.2, 0.25) is 0 Å². The fourth-order valence-electron chi connectivity index (χ4n) is 9.71. The summed E-state index contributed by atoms with van der Waals surface area (Å²) in [5, 5.41) is 0. The van der Waals surface area contributed by atoms with Crippen molar-refractivity contribution in [3.05, 3.63) is 36.5 Å². The summed E-state index contributed by atoms with van der Waals surface area (Å²) in [5.74, 6) is -1.25. The summed E-state index contributed by atoms with van der Waals surface area (Å²) in [6.45, 7) is 6.83. The third kappa shape index (κ3) is 60.9. The van der Waals surface area contributed by atoms with Crippen LogP contribution in [0.3, 0.4) is 0 Å². The van der Waals surface area contributed by atoms with E-state index in [4.69, 9.17) is 11.4 Å². The van der Waals surface area contributed by atoms with Gasteiger partial charge >= 0.3 is 15.1 Å². The van der Waals surface area contributed by atoms with Crippen LogP contribution in [0, 0.1) is 0 Å². The Balaban J connectivity index is 4.36. The minimum Gasteiger partial charge on any atom is -0.551 e. The molecule has 0 rings (SSSR count). The molecular formula is C66H123AlO6. The van der Waals surface area contributed by atoms with E-state index in [1.54, 1.807) is 0 Å². The summed E-state index contributed by atoms with van der Waals surface area (Å²) in [6.07, 6.45) is 78.4. The maximum absolute atomic E-state index is 12.9. The molecule has 0 radical (unpaired) electrons. The summed E-state index contributed by atoms with van der Waals surface area (Å²) in [6, 6.07) is 0. The van der Waals surface area contributed by atoms with Crippen molar-refractivity contribution in [2.75, 3.05) is 0 Å². The topological polar surface area (TPSA) is 78.9 Å². The van der Waals surface area contributed by atoms with Gasteiger partial charge in [-0.05, 0) is 96.3 Å². The van der Waals surface area contributed by atoms with E-state index in [0.717, 1.165) is 57.8 Å². The molecule has 0 atom stereocenters. The lowest BCUT2D eigenvalue weighted by Gasteiger charge is -2.14. The summed E-state index contributed by atoms with van der Waals surface area (Å²) < 4.78 is 16.9. The van der Waals surface area contributed by atoms with Gasteiger partial charge < -0.3 is 11.4 Å². The zero-order valence-corrected chi connectivity index (χ0v) is 50.3. The second-order valence-corrected chi connectivity index (χ2v) is 23.3. The number of unbranched alkanes of at least 4 members (excludes halogenated alkanes) is 45. The van der Waals surface area contributed by atoms with Crippen LogP contribution in [0.5, 0.6) is 0 Å². The van der Waals surface area contributed by atoms with Gasteiger partial charge in [-0.3, -0.25) is 14.4 Å². The van der Waals surface area contributed by atoms with Gasteiger partial charge in [0, 0.05) is 19.3 Å². The molecule has 0 aliphatic carbocycles. The third-order valence-electron chi connectivity index (χ3n) is 14.6. The standard InChI is InChI=1S/3C22H42O2.Al/c3*1-2-3-4-5-6-7-8-9-10-11-12-13-14-15-16-17-18-19-20-21-22(23)24;/h3*9-10H,2-8,11-21H2,1H3,(H,23,24);/q;;;+3/p-3/b3*10-9-;. The van der Waals surface area contributed by atoms with Gasteiger partial charge in [0.15, 0.2) is 0 Å². The normalized spacial score (nSPS) is 11.7. The molecule has 0 aromatic heterocycles. The largest absolute Gasteiger partial charge is 1.20 e. The van der Waals surface area contributed by atoms with E-state index < -0.39 is 33.1 Å². The van der Waals surface area contributed by atoms with Crippen molar-refractivity contribution in [2.24, 2.45) is 0 Å². The fourth-order valence-corrected chi connectivity index (χ4v) is 10.9. The van der Waals surface area contributed by atoms with E-state index in [-0.39, 0.29) is 19.3 Å². The van der Waals surface area contributed by atoms with Gasteiger partial charge in [-0.2, -0.15) is 0 Å². The van der Waals surface area contributed by atoms with Crippen LogP contribution in [0.25, 0.3) is 0 Å². The molecule has 0 aliphatic heterocycles. The van der Waals surface area contributed by atoms with E-state index in [1.165, 1.54) is 270 Å². The lowest BCUT2D eigenvalue weighted by Crippen LogP contribution is -2.34. The summed E-state index contributed by atoms with van der Waals surface area (Å²) in [5.41, 5.74) is 0. The molecule has 0 unspecified atom stereocenters. The van der Waals surface area contributed by atoms with Crippen molar-refractivity contribution in [3.63, 3.8) is 0 Å². The Bertz CT molecular complexity index is 1080. The summed E-state index contributed by atoms with van der Waals surface area (Å²) >= 11 is -3.27. The molecule has 0 amide bonds. The number of carbonyl (C=O) groups excluding carboxylic acids is 3. The molecule has 0 bridgehead atoms. The molecule has 0 saturated carbocycles. The number of rotatable bonds is 60. The monoisotopic (exact) mass is 1040 g/mol. The Morgan fingerprint density at radius 2 is 0.384 bits per heavy atom. The maximum atomic E-state index is 12.9. The van der Waals surface area contributed by atoms with Crippen molar-refractivity contribution in [1.82, 2.24) is 0 Å². The number of carbonyl (C=O) groups is 3. The maximum Gasteiger partial charge on any atom is 1.20 e. The molecule has 426 valence electrons. The molecule has 7 heteroatoms. The average Bonchev–Trinajstić information content (AvgIpc) is 3.38. The van der Waals surface area contributed by atoms with E-state index in [2.05, 4.69) is 57.2 Å². The molecule has 0 heterocycles. The second kappa shape index (κ2) is 62.7. The van der Waals surface area contributed by atoms with Crippen LogP contribution in [-0.2, 0) is 25.7 Å². The first-order valence-electron chi connectivity index (χ1n) is 32.6. The SMILES string of the molecule is CCCCCCCC/C=C\CCCCCCCCCCCC(=O)[O][Al]([O]C(=O)CCCCCCCCCCC/C=C\CCCCCCCC)[O]C(=O)CCCCCCCCCCC/C=C\CCCCCCCC. The molecule has 0 fully saturated rings. The van der Waals surface area contributed by atoms with Gasteiger partial charge in [0.25, 0.3) is 17.9 Å². The van der Waals surface area contributed by atoms with Crippen molar-refractivity contribution in [3.8, 4) is 0 Å². The first-order chi connectivity index (χ1) is 36.0. The second-order valence-electron chi connectivity index (χ2n) is 22.0. The lowest BCUT2D eigenvalue weighted by molar-refractivity contribution is -0.148. The highest BCUT2D eigenvalue weighted by atomic mass is 27.3. The van der Waals surface area contributed by atoms with Crippen molar-refractivity contribution < 1.29 is 25.7 Å². The highest BCUT2D eigenvalue weighted by Gasteiger charge is 2.48. The van der Waals surface area contributed by atoms with E-state index >= 15 is 0 Å². The molecule has 0 spiro atoms. The summed E-state index contributed by atoms with van der Waals surface area (Å²) in [7, 11) is 0. The van der Waals surface area contributed by atoms with Gasteiger partial charge in [-0.25, -0.2) is 0 Å². The fraction of sp³-hybridized carbons (Fsp3) is 0.864. The Kier molecular flexibility index (Phi) is 61.1. The van der Waals surface area contributed by atoms with Crippen LogP contribution in [0.1, 0.15) is 367 Å². The highest BCUT2D eigenvalue weighted by molar-refractivity contribution is 6.44. The van der Waals surface area contributed by atoms with Crippen LogP contribution >= 0.6 is 0 Å². The molecule has 73 heavy (non-hydrogen) atoms. The first kappa shape index (κ1) is 71.2. The van der Waals surface area contributed by atoms with E-state index in [9.17, 15) is 14.4 Å². The molecule has 0 saturated heterocycles. The molecule has 0 aliphatic rings. The van der Waals surface area contributed by atoms with Crippen molar-refractivity contribution >= 4 is 33.1 Å². The van der Waals surface area contributed by atoms with Gasteiger partial charge in [-0.15, -0.1) is 0 Å². The van der Waals surface area contributed by atoms with Gasteiger partial charge in [0.1, 0.15) is 0 Å². The highest BCUT2D eigenvalue weighted by Crippen LogP contribution is 2.17.